The predicted octanol–water partition coefficient (Wildman–Crippen LogP) is 2.42. The van der Waals surface area contributed by atoms with E-state index in [0.717, 1.165) is 17.3 Å². The molecule has 1 nitrogen and oxygen atoms in total. The molecule has 0 bridgehead atoms. The highest BCUT2D eigenvalue weighted by molar-refractivity contribution is 5.04. The fraction of sp³-hybridized carbons (Fsp3) is 1.00. The Bertz CT molecular complexity index is 166. The number of rotatable bonds is 2. The molecule has 0 aromatic carbocycles. The van der Waals surface area contributed by atoms with Gasteiger partial charge in [0.15, 0.2) is 0 Å². The molecule has 0 aliphatic heterocycles. The molecule has 2 fully saturated rings. The highest BCUT2D eigenvalue weighted by Gasteiger charge is 2.53. The zero-order valence-corrected chi connectivity index (χ0v) is 8.40. The molecule has 3 atom stereocenters. The van der Waals surface area contributed by atoms with Gasteiger partial charge in [-0.15, -0.1) is 0 Å². The van der Waals surface area contributed by atoms with Crippen molar-refractivity contribution in [1.82, 2.24) is 5.32 Å². The van der Waals surface area contributed by atoms with Crippen molar-refractivity contribution in [3.8, 4) is 0 Å². The minimum Gasteiger partial charge on any atom is -0.319 e. The van der Waals surface area contributed by atoms with Gasteiger partial charge in [-0.25, -0.2) is 0 Å². The molecule has 0 aromatic heterocycles. The summed E-state index contributed by atoms with van der Waals surface area (Å²) in [6.45, 7) is 3.68. The summed E-state index contributed by atoms with van der Waals surface area (Å²) in [6.07, 6.45) is 7.51. The standard InChI is InChI=1S/C11H21N/c1-9-4-3-5-11(6-9)7-10(11)8-12-2/h9-10,12H,3-8H2,1-2H3. The number of nitrogens with one attached hydrogen (secondary N) is 1. The van der Waals surface area contributed by atoms with E-state index in [0.29, 0.717) is 0 Å². The van der Waals surface area contributed by atoms with Crippen LogP contribution in [0.15, 0.2) is 0 Å². The van der Waals surface area contributed by atoms with Gasteiger partial charge in [-0.05, 0) is 50.1 Å². The molecule has 70 valence electrons. The van der Waals surface area contributed by atoms with Crippen LogP contribution in [0.1, 0.15) is 39.0 Å². The minimum atomic E-state index is 0.806. The first-order valence-corrected chi connectivity index (χ1v) is 5.41. The topological polar surface area (TPSA) is 12.0 Å². The first-order valence-electron chi connectivity index (χ1n) is 5.41. The van der Waals surface area contributed by atoms with Gasteiger partial charge in [-0.2, -0.15) is 0 Å². The smallest absolute Gasteiger partial charge is 0.00180 e. The van der Waals surface area contributed by atoms with Gasteiger partial charge in [0.05, 0.1) is 0 Å². The van der Waals surface area contributed by atoms with Crippen LogP contribution in [0.4, 0.5) is 0 Å². The van der Waals surface area contributed by atoms with E-state index in [1.807, 2.05) is 0 Å². The summed E-state index contributed by atoms with van der Waals surface area (Å²) in [5, 5.41) is 3.32. The first kappa shape index (κ1) is 8.55. The van der Waals surface area contributed by atoms with E-state index >= 15 is 0 Å². The van der Waals surface area contributed by atoms with E-state index in [4.69, 9.17) is 0 Å². The Labute approximate surface area is 75.9 Å². The van der Waals surface area contributed by atoms with Crippen LogP contribution in [0.25, 0.3) is 0 Å². The van der Waals surface area contributed by atoms with E-state index in [2.05, 4.69) is 19.3 Å². The summed E-state index contributed by atoms with van der Waals surface area (Å²) in [5.41, 5.74) is 0.806. The summed E-state index contributed by atoms with van der Waals surface area (Å²) < 4.78 is 0. The largest absolute Gasteiger partial charge is 0.319 e. The molecular weight excluding hydrogens is 146 g/mol. The molecule has 2 aliphatic rings. The Morgan fingerprint density at radius 3 is 2.92 bits per heavy atom. The van der Waals surface area contributed by atoms with Crippen molar-refractivity contribution in [2.45, 2.75) is 39.0 Å². The summed E-state index contributed by atoms with van der Waals surface area (Å²) in [4.78, 5) is 0. The minimum absolute atomic E-state index is 0.806. The van der Waals surface area contributed by atoms with E-state index in [1.165, 1.54) is 38.6 Å². The second kappa shape index (κ2) is 3.02. The van der Waals surface area contributed by atoms with Crippen molar-refractivity contribution in [3.05, 3.63) is 0 Å². The molecule has 2 saturated carbocycles. The van der Waals surface area contributed by atoms with E-state index < -0.39 is 0 Å². The molecule has 3 unspecified atom stereocenters. The third-order valence-corrected chi connectivity index (χ3v) is 3.94. The third-order valence-electron chi connectivity index (χ3n) is 3.94. The van der Waals surface area contributed by atoms with Crippen molar-refractivity contribution in [2.24, 2.45) is 17.3 Å². The molecule has 2 rings (SSSR count). The molecule has 2 aliphatic carbocycles. The van der Waals surface area contributed by atoms with Gasteiger partial charge in [-0.1, -0.05) is 19.8 Å². The average Bonchev–Trinajstić information content (AvgIpc) is 2.63. The Hall–Kier alpha value is -0.0400. The molecule has 1 N–H and O–H groups in total. The van der Waals surface area contributed by atoms with Crippen LogP contribution in [0.3, 0.4) is 0 Å². The maximum absolute atomic E-state index is 3.32. The summed E-state index contributed by atoms with van der Waals surface area (Å²) in [5.74, 6) is 2.02. The molecule has 0 amide bonds. The van der Waals surface area contributed by atoms with Gasteiger partial charge in [-0.3, -0.25) is 0 Å². The monoisotopic (exact) mass is 167 g/mol. The molecule has 12 heavy (non-hydrogen) atoms. The van der Waals surface area contributed by atoms with Crippen LogP contribution in [0.5, 0.6) is 0 Å². The van der Waals surface area contributed by atoms with Crippen molar-refractivity contribution in [3.63, 3.8) is 0 Å². The van der Waals surface area contributed by atoms with Gasteiger partial charge in [0.1, 0.15) is 0 Å². The van der Waals surface area contributed by atoms with Crippen molar-refractivity contribution >= 4 is 0 Å². The molecule has 0 aromatic rings. The lowest BCUT2D eigenvalue weighted by Gasteiger charge is -2.27. The van der Waals surface area contributed by atoms with Crippen LogP contribution in [-0.4, -0.2) is 13.6 Å². The summed E-state index contributed by atoms with van der Waals surface area (Å²) in [6, 6.07) is 0. The van der Waals surface area contributed by atoms with Gasteiger partial charge >= 0.3 is 0 Å². The van der Waals surface area contributed by atoms with Crippen molar-refractivity contribution in [2.75, 3.05) is 13.6 Å². The zero-order valence-electron chi connectivity index (χ0n) is 8.40. The lowest BCUT2D eigenvalue weighted by atomic mass is 9.78. The van der Waals surface area contributed by atoms with Crippen LogP contribution < -0.4 is 5.32 Å². The Morgan fingerprint density at radius 2 is 2.25 bits per heavy atom. The van der Waals surface area contributed by atoms with Crippen molar-refractivity contribution < 1.29 is 0 Å². The van der Waals surface area contributed by atoms with E-state index in [-0.39, 0.29) is 0 Å². The SMILES string of the molecule is CNCC1CC12CCCC(C)C2. The quantitative estimate of drug-likeness (QED) is 0.666. The summed E-state index contributed by atoms with van der Waals surface area (Å²) in [7, 11) is 2.08. The maximum Gasteiger partial charge on any atom is -0.00180 e. The van der Waals surface area contributed by atoms with Crippen molar-refractivity contribution in [1.29, 1.82) is 0 Å². The van der Waals surface area contributed by atoms with E-state index in [1.54, 1.807) is 0 Å². The van der Waals surface area contributed by atoms with Gasteiger partial charge in [0.2, 0.25) is 0 Å². The van der Waals surface area contributed by atoms with Crippen LogP contribution in [0.2, 0.25) is 0 Å². The lowest BCUT2D eigenvalue weighted by molar-refractivity contribution is 0.241. The fourth-order valence-corrected chi connectivity index (χ4v) is 3.22. The Kier molecular flexibility index (Phi) is 2.16. The van der Waals surface area contributed by atoms with Crippen LogP contribution in [-0.2, 0) is 0 Å². The average molecular weight is 167 g/mol. The number of hydrogen-bond donors (Lipinski definition) is 1. The second-order valence-corrected chi connectivity index (χ2v) is 5.02. The molecule has 0 saturated heterocycles. The Balaban J connectivity index is 1.88. The highest BCUT2D eigenvalue weighted by Crippen LogP contribution is 2.62. The predicted molar refractivity (Wildman–Crippen MR) is 52.1 cm³/mol. The Morgan fingerprint density at radius 1 is 1.42 bits per heavy atom. The third kappa shape index (κ3) is 1.39. The normalized spacial score (nSPS) is 46.5. The highest BCUT2D eigenvalue weighted by atomic mass is 14.8. The molecule has 1 spiro atoms. The van der Waals surface area contributed by atoms with Crippen LogP contribution >= 0.6 is 0 Å². The van der Waals surface area contributed by atoms with Crippen LogP contribution in [0, 0.1) is 17.3 Å². The molecule has 0 radical (unpaired) electrons. The molecule has 1 heteroatoms. The maximum atomic E-state index is 3.32. The van der Waals surface area contributed by atoms with E-state index in [9.17, 15) is 0 Å². The first-order chi connectivity index (χ1) is 5.77. The lowest BCUT2D eigenvalue weighted by Crippen LogP contribution is -2.20. The van der Waals surface area contributed by atoms with Gasteiger partial charge in [0, 0.05) is 0 Å². The number of hydrogen-bond acceptors (Lipinski definition) is 1. The molecule has 0 heterocycles. The second-order valence-electron chi connectivity index (χ2n) is 5.02. The van der Waals surface area contributed by atoms with Gasteiger partial charge < -0.3 is 5.32 Å². The molecular formula is C11H21N. The fourth-order valence-electron chi connectivity index (χ4n) is 3.22. The summed E-state index contributed by atoms with van der Waals surface area (Å²) >= 11 is 0. The zero-order chi connectivity index (χ0) is 8.60. The van der Waals surface area contributed by atoms with Gasteiger partial charge in [0.25, 0.3) is 0 Å².